The fourth-order valence-corrected chi connectivity index (χ4v) is 4.13. The first-order valence-corrected chi connectivity index (χ1v) is 10.1. The molecule has 2 amide bonds. The third-order valence-corrected chi connectivity index (χ3v) is 5.89. The highest BCUT2D eigenvalue weighted by atomic mass is 32.1. The topological polar surface area (TPSA) is 49.4 Å². The molecule has 2 rings (SSSR count). The molecule has 5 heteroatoms. The highest BCUT2D eigenvalue weighted by Gasteiger charge is 2.25. The fourth-order valence-electron chi connectivity index (χ4n) is 3.49. The molecule has 1 aromatic heterocycles. The van der Waals surface area contributed by atoms with Crippen LogP contribution in [0.3, 0.4) is 0 Å². The van der Waals surface area contributed by atoms with Crippen molar-refractivity contribution in [1.82, 2.24) is 10.2 Å². The molecular formula is C19H30N2O2S. The number of nitrogens with zero attached hydrogens (tertiary/aromatic N) is 1. The van der Waals surface area contributed by atoms with Crippen molar-refractivity contribution in [3.05, 3.63) is 22.4 Å². The Morgan fingerprint density at radius 2 is 2.08 bits per heavy atom. The molecule has 1 fully saturated rings. The first-order chi connectivity index (χ1) is 11.6. The van der Waals surface area contributed by atoms with Crippen molar-refractivity contribution in [3.8, 4) is 0 Å². The van der Waals surface area contributed by atoms with Gasteiger partial charge >= 0.3 is 0 Å². The Balaban J connectivity index is 1.78. The molecular weight excluding hydrogens is 320 g/mol. The molecule has 1 aromatic rings. The second-order valence-electron chi connectivity index (χ2n) is 6.70. The predicted octanol–water partition coefficient (Wildman–Crippen LogP) is 3.96. The number of nitrogens with one attached hydrogen (secondary N) is 1. The SMILES string of the molecule is CCN(C(=O)CCC1CCCCC1)[C@@H](C)C(=O)NCc1cccs1. The number of hydrogen-bond donors (Lipinski definition) is 1. The molecule has 0 aromatic carbocycles. The van der Waals surface area contributed by atoms with Crippen LogP contribution in [-0.2, 0) is 16.1 Å². The Kier molecular flexibility index (Phi) is 7.76. The van der Waals surface area contributed by atoms with Crippen LogP contribution in [0.5, 0.6) is 0 Å². The van der Waals surface area contributed by atoms with E-state index in [2.05, 4.69) is 5.32 Å². The van der Waals surface area contributed by atoms with Crippen LogP contribution in [0.4, 0.5) is 0 Å². The molecule has 1 aliphatic carbocycles. The number of carbonyl (C=O) groups excluding carboxylic acids is 2. The zero-order chi connectivity index (χ0) is 17.4. The van der Waals surface area contributed by atoms with Gasteiger partial charge in [-0.3, -0.25) is 9.59 Å². The highest BCUT2D eigenvalue weighted by molar-refractivity contribution is 7.09. The van der Waals surface area contributed by atoms with E-state index >= 15 is 0 Å². The summed E-state index contributed by atoms with van der Waals surface area (Å²) >= 11 is 1.63. The van der Waals surface area contributed by atoms with E-state index in [1.807, 2.05) is 31.4 Å². The summed E-state index contributed by atoms with van der Waals surface area (Å²) in [6, 6.07) is 3.57. The van der Waals surface area contributed by atoms with E-state index < -0.39 is 6.04 Å². The van der Waals surface area contributed by atoms with Crippen molar-refractivity contribution in [2.45, 2.75) is 71.4 Å². The number of amides is 2. The molecule has 1 aliphatic rings. The van der Waals surface area contributed by atoms with Gasteiger partial charge in [0.25, 0.3) is 0 Å². The van der Waals surface area contributed by atoms with Gasteiger partial charge < -0.3 is 10.2 Å². The summed E-state index contributed by atoms with van der Waals surface area (Å²) < 4.78 is 0. The van der Waals surface area contributed by atoms with Crippen LogP contribution in [0.25, 0.3) is 0 Å². The van der Waals surface area contributed by atoms with Gasteiger partial charge in [-0.1, -0.05) is 38.2 Å². The molecule has 0 radical (unpaired) electrons. The Labute approximate surface area is 149 Å². The summed E-state index contributed by atoms with van der Waals surface area (Å²) in [7, 11) is 0. The molecule has 0 saturated heterocycles. The summed E-state index contributed by atoms with van der Waals surface area (Å²) in [4.78, 5) is 27.7. The Bertz CT molecular complexity index is 509. The zero-order valence-corrected chi connectivity index (χ0v) is 15.7. The van der Waals surface area contributed by atoms with Gasteiger partial charge in [-0.05, 0) is 37.6 Å². The molecule has 0 spiro atoms. The monoisotopic (exact) mass is 350 g/mol. The normalized spacial score (nSPS) is 16.6. The van der Waals surface area contributed by atoms with Crippen molar-refractivity contribution < 1.29 is 9.59 Å². The van der Waals surface area contributed by atoms with Gasteiger partial charge in [0.1, 0.15) is 6.04 Å². The van der Waals surface area contributed by atoms with Crippen LogP contribution in [0.2, 0.25) is 0 Å². The standard InChI is InChI=1S/C19H30N2O2S/c1-3-21(18(22)12-11-16-8-5-4-6-9-16)15(2)19(23)20-14-17-10-7-13-24-17/h7,10,13,15-16H,3-6,8-9,11-12,14H2,1-2H3,(H,20,23)/t15-/m0/s1. The number of thiophene rings is 1. The maximum atomic E-state index is 12.5. The van der Waals surface area contributed by atoms with Crippen LogP contribution in [-0.4, -0.2) is 29.3 Å². The molecule has 0 aliphatic heterocycles. The predicted molar refractivity (Wildman–Crippen MR) is 98.8 cm³/mol. The number of hydrogen-bond acceptors (Lipinski definition) is 3. The highest BCUT2D eigenvalue weighted by Crippen LogP contribution is 2.27. The Morgan fingerprint density at radius 1 is 1.33 bits per heavy atom. The van der Waals surface area contributed by atoms with E-state index in [1.54, 1.807) is 16.2 Å². The van der Waals surface area contributed by atoms with Crippen LogP contribution in [0.15, 0.2) is 17.5 Å². The van der Waals surface area contributed by atoms with Gasteiger partial charge in [0.15, 0.2) is 0 Å². The van der Waals surface area contributed by atoms with Gasteiger partial charge in [-0.25, -0.2) is 0 Å². The second kappa shape index (κ2) is 9.82. The zero-order valence-electron chi connectivity index (χ0n) is 14.9. The lowest BCUT2D eigenvalue weighted by Crippen LogP contribution is -2.47. The maximum Gasteiger partial charge on any atom is 0.242 e. The summed E-state index contributed by atoms with van der Waals surface area (Å²) in [6.45, 7) is 4.89. The van der Waals surface area contributed by atoms with E-state index in [9.17, 15) is 9.59 Å². The third kappa shape index (κ3) is 5.62. The van der Waals surface area contributed by atoms with E-state index in [1.165, 1.54) is 32.1 Å². The number of rotatable bonds is 8. The first kappa shape index (κ1) is 19.0. The van der Waals surface area contributed by atoms with Gasteiger partial charge in [0.05, 0.1) is 6.54 Å². The van der Waals surface area contributed by atoms with E-state index in [0.717, 1.165) is 11.3 Å². The molecule has 1 atom stereocenters. The van der Waals surface area contributed by atoms with Gasteiger partial charge in [0.2, 0.25) is 11.8 Å². The maximum absolute atomic E-state index is 12.5. The lowest BCUT2D eigenvalue weighted by Gasteiger charge is -2.28. The number of likely N-dealkylation sites (N-methyl/N-ethyl adjacent to an activating group) is 1. The van der Waals surface area contributed by atoms with Crippen LogP contribution in [0, 0.1) is 5.92 Å². The minimum Gasteiger partial charge on any atom is -0.349 e. The molecule has 1 heterocycles. The summed E-state index contributed by atoms with van der Waals surface area (Å²) in [6.07, 6.45) is 8.01. The van der Waals surface area contributed by atoms with E-state index in [4.69, 9.17) is 0 Å². The Hall–Kier alpha value is -1.36. The second-order valence-corrected chi connectivity index (χ2v) is 7.73. The van der Waals surface area contributed by atoms with Crippen molar-refractivity contribution >= 4 is 23.2 Å². The minimum absolute atomic E-state index is 0.0729. The van der Waals surface area contributed by atoms with Crippen molar-refractivity contribution in [3.63, 3.8) is 0 Å². The molecule has 1 N–H and O–H groups in total. The lowest BCUT2D eigenvalue weighted by molar-refractivity contribution is -0.140. The van der Waals surface area contributed by atoms with Crippen molar-refractivity contribution in [2.75, 3.05) is 6.54 Å². The smallest absolute Gasteiger partial charge is 0.242 e. The third-order valence-electron chi connectivity index (χ3n) is 5.02. The number of carbonyl (C=O) groups is 2. The van der Waals surface area contributed by atoms with E-state index in [-0.39, 0.29) is 11.8 Å². The Morgan fingerprint density at radius 3 is 2.71 bits per heavy atom. The van der Waals surface area contributed by atoms with Crippen molar-refractivity contribution in [2.24, 2.45) is 5.92 Å². The van der Waals surface area contributed by atoms with Crippen LogP contribution < -0.4 is 5.32 Å². The van der Waals surface area contributed by atoms with Crippen LogP contribution in [0.1, 0.15) is 63.7 Å². The average molecular weight is 351 g/mol. The largest absolute Gasteiger partial charge is 0.349 e. The molecule has 1 saturated carbocycles. The molecule has 134 valence electrons. The van der Waals surface area contributed by atoms with Crippen LogP contribution >= 0.6 is 11.3 Å². The van der Waals surface area contributed by atoms with Gasteiger partial charge in [-0.2, -0.15) is 0 Å². The summed E-state index contributed by atoms with van der Waals surface area (Å²) in [5.74, 6) is 0.738. The molecule has 4 nitrogen and oxygen atoms in total. The lowest BCUT2D eigenvalue weighted by atomic mass is 9.86. The minimum atomic E-state index is -0.409. The quantitative estimate of drug-likeness (QED) is 0.771. The molecule has 24 heavy (non-hydrogen) atoms. The molecule has 0 bridgehead atoms. The van der Waals surface area contributed by atoms with Crippen molar-refractivity contribution in [1.29, 1.82) is 0 Å². The van der Waals surface area contributed by atoms with Gasteiger partial charge in [-0.15, -0.1) is 11.3 Å². The summed E-state index contributed by atoms with van der Waals surface area (Å²) in [5.41, 5.74) is 0. The first-order valence-electron chi connectivity index (χ1n) is 9.21. The fraction of sp³-hybridized carbons (Fsp3) is 0.684. The molecule has 0 unspecified atom stereocenters. The average Bonchev–Trinajstić information content (AvgIpc) is 3.12. The van der Waals surface area contributed by atoms with Gasteiger partial charge in [0, 0.05) is 17.8 Å². The van der Waals surface area contributed by atoms with E-state index in [0.29, 0.717) is 25.4 Å². The summed E-state index contributed by atoms with van der Waals surface area (Å²) in [5, 5.41) is 4.94.